The van der Waals surface area contributed by atoms with Crippen molar-refractivity contribution in [2.45, 2.75) is 63.8 Å². The van der Waals surface area contributed by atoms with Crippen LogP contribution in [0.2, 0.25) is 0 Å². The number of hydrogen-bond donors (Lipinski definition) is 3. The maximum absolute atomic E-state index is 13.0. The molecule has 2 heterocycles. The van der Waals surface area contributed by atoms with E-state index in [-0.39, 0.29) is 18.4 Å². The molecule has 3 rings (SSSR count). The fourth-order valence-electron chi connectivity index (χ4n) is 4.82. The van der Waals surface area contributed by atoms with Gasteiger partial charge in [0.2, 0.25) is 5.91 Å². The van der Waals surface area contributed by atoms with E-state index in [0.717, 1.165) is 24.1 Å². The number of nitrogens with one attached hydrogen (secondary N) is 2. The van der Waals surface area contributed by atoms with Crippen LogP contribution in [0.3, 0.4) is 0 Å². The van der Waals surface area contributed by atoms with Crippen LogP contribution in [0.5, 0.6) is 11.5 Å². The molecule has 1 aromatic carbocycles. The average Bonchev–Trinajstić information content (AvgIpc) is 2.80. The second kappa shape index (κ2) is 11.4. The minimum atomic E-state index is -0.773. The van der Waals surface area contributed by atoms with Crippen molar-refractivity contribution < 1.29 is 33.3 Å². The van der Waals surface area contributed by atoms with Crippen LogP contribution in [-0.2, 0) is 16.0 Å². The minimum absolute atomic E-state index is 0.00248. The van der Waals surface area contributed by atoms with E-state index in [1.807, 2.05) is 12.1 Å². The fourth-order valence-corrected chi connectivity index (χ4v) is 4.82. The van der Waals surface area contributed by atoms with Crippen molar-refractivity contribution in [2.24, 2.45) is 5.92 Å². The molecule has 4 atom stereocenters. The number of alkyl halides is 1. The quantitative estimate of drug-likeness (QED) is 0.508. The molecule has 2 aliphatic heterocycles. The van der Waals surface area contributed by atoms with Crippen LogP contribution in [0.15, 0.2) is 12.1 Å². The topological polar surface area (TPSA) is 109 Å². The van der Waals surface area contributed by atoms with Gasteiger partial charge in [-0.25, -0.2) is 4.79 Å². The Hall–Kier alpha value is -2.59. The van der Waals surface area contributed by atoms with Crippen molar-refractivity contribution >= 4 is 12.0 Å². The van der Waals surface area contributed by atoms with E-state index in [9.17, 15) is 19.1 Å². The molecule has 2 amide bonds. The summed E-state index contributed by atoms with van der Waals surface area (Å²) in [6.07, 6.45) is 0.673. The lowest BCUT2D eigenvalue weighted by Crippen LogP contribution is -2.62. The number of hydrogen-bond acceptors (Lipinski definition) is 7. The highest BCUT2D eigenvalue weighted by Crippen LogP contribution is 2.42. The van der Waals surface area contributed by atoms with Crippen LogP contribution in [0.1, 0.15) is 50.8 Å². The molecule has 0 aliphatic carbocycles. The molecule has 0 bridgehead atoms. The molecule has 3 N–H and O–H groups in total. The van der Waals surface area contributed by atoms with Crippen molar-refractivity contribution in [1.29, 1.82) is 0 Å². The number of benzene rings is 1. The van der Waals surface area contributed by atoms with Crippen molar-refractivity contribution in [1.82, 2.24) is 15.5 Å². The predicted molar refractivity (Wildman–Crippen MR) is 128 cm³/mol. The van der Waals surface area contributed by atoms with E-state index < -0.39 is 43.0 Å². The van der Waals surface area contributed by atoms with Crippen molar-refractivity contribution in [3.63, 3.8) is 0 Å². The number of ether oxygens (including phenoxy) is 3. The number of nitrogens with zero attached hydrogens (tertiary/aromatic N) is 1. The molecule has 1 saturated heterocycles. The second-order valence-corrected chi connectivity index (χ2v) is 10.2. The maximum atomic E-state index is 13.0. The number of methoxy groups -OCH3 is 2. The van der Waals surface area contributed by atoms with E-state index in [1.165, 1.54) is 0 Å². The zero-order chi connectivity index (χ0) is 25.8. The number of alkyl carbamates (subject to hydrolysis) is 1. The molecule has 0 saturated carbocycles. The van der Waals surface area contributed by atoms with Crippen molar-refractivity contribution in [3.8, 4) is 11.5 Å². The molecule has 2 unspecified atom stereocenters. The third-order valence-corrected chi connectivity index (χ3v) is 6.51. The van der Waals surface area contributed by atoms with E-state index in [2.05, 4.69) is 15.5 Å². The second-order valence-electron chi connectivity index (χ2n) is 10.2. The Bertz CT molecular complexity index is 902. The highest BCUT2D eigenvalue weighted by atomic mass is 19.1. The molecule has 35 heavy (non-hydrogen) atoms. The number of carbonyl (C=O) groups is 2. The zero-order valence-corrected chi connectivity index (χ0v) is 21.2. The average molecular weight is 496 g/mol. The summed E-state index contributed by atoms with van der Waals surface area (Å²) in [6.45, 7) is 5.48. The van der Waals surface area contributed by atoms with Crippen LogP contribution in [0.4, 0.5) is 9.18 Å². The first-order valence-electron chi connectivity index (χ1n) is 12.0. The molecular formula is C25H38FN3O6. The molecule has 1 fully saturated rings. The van der Waals surface area contributed by atoms with Gasteiger partial charge in [0.1, 0.15) is 5.60 Å². The summed E-state index contributed by atoms with van der Waals surface area (Å²) in [5.41, 5.74) is 1.60. The summed E-state index contributed by atoms with van der Waals surface area (Å²) in [6, 6.07) is 3.19. The third kappa shape index (κ3) is 6.76. The van der Waals surface area contributed by atoms with Crippen LogP contribution in [0, 0.1) is 5.92 Å². The normalized spacial score (nSPS) is 22.9. The SMILES string of the molecule is COc1cc2c(cc1OC)[C@@H]1CC(NC(=O)OC(C)(C)C)[C@@H](NC(=O)CC(CO)CF)CN1CC2. The number of aliphatic hydroxyl groups is 1. The van der Waals surface area contributed by atoms with Gasteiger partial charge >= 0.3 is 6.09 Å². The van der Waals surface area contributed by atoms with Gasteiger partial charge in [-0.3, -0.25) is 14.1 Å². The van der Waals surface area contributed by atoms with Gasteiger partial charge in [-0.2, -0.15) is 0 Å². The van der Waals surface area contributed by atoms with Gasteiger partial charge in [0.25, 0.3) is 0 Å². The van der Waals surface area contributed by atoms with E-state index in [1.54, 1.807) is 35.0 Å². The summed E-state index contributed by atoms with van der Waals surface area (Å²) in [5.74, 6) is 0.217. The van der Waals surface area contributed by atoms with Crippen LogP contribution in [0.25, 0.3) is 0 Å². The molecule has 0 radical (unpaired) electrons. The summed E-state index contributed by atoms with van der Waals surface area (Å²) < 4.78 is 29.5. The fraction of sp³-hybridized carbons (Fsp3) is 0.680. The van der Waals surface area contributed by atoms with Gasteiger partial charge in [0, 0.05) is 38.1 Å². The third-order valence-electron chi connectivity index (χ3n) is 6.51. The van der Waals surface area contributed by atoms with E-state index in [4.69, 9.17) is 14.2 Å². The van der Waals surface area contributed by atoms with Crippen LogP contribution >= 0.6 is 0 Å². The van der Waals surface area contributed by atoms with Gasteiger partial charge in [0.15, 0.2) is 11.5 Å². The lowest BCUT2D eigenvalue weighted by Gasteiger charge is -2.47. The summed E-state index contributed by atoms with van der Waals surface area (Å²) >= 11 is 0. The molecule has 0 spiro atoms. The Morgan fingerprint density at radius 3 is 2.46 bits per heavy atom. The summed E-state index contributed by atoms with van der Waals surface area (Å²) in [5, 5.41) is 15.2. The molecule has 9 nitrogen and oxygen atoms in total. The molecule has 2 aliphatic rings. The zero-order valence-electron chi connectivity index (χ0n) is 21.2. The molecule has 1 aromatic rings. The Morgan fingerprint density at radius 2 is 1.86 bits per heavy atom. The van der Waals surface area contributed by atoms with Gasteiger partial charge in [-0.1, -0.05) is 0 Å². The number of amides is 2. The highest BCUT2D eigenvalue weighted by Gasteiger charge is 2.41. The van der Waals surface area contributed by atoms with Crippen LogP contribution < -0.4 is 20.1 Å². The van der Waals surface area contributed by atoms with Gasteiger partial charge in [-0.15, -0.1) is 0 Å². The first-order chi connectivity index (χ1) is 16.6. The number of halogens is 1. The van der Waals surface area contributed by atoms with Crippen molar-refractivity contribution in [2.75, 3.05) is 40.6 Å². The Morgan fingerprint density at radius 1 is 1.17 bits per heavy atom. The molecule has 0 aromatic heterocycles. The van der Waals surface area contributed by atoms with Crippen molar-refractivity contribution in [3.05, 3.63) is 23.3 Å². The number of carbonyl (C=O) groups excluding carboxylic acids is 2. The van der Waals surface area contributed by atoms with Crippen LogP contribution in [-0.4, -0.2) is 80.3 Å². The molecular weight excluding hydrogens is 457 g/mol. The highest BCUT2D eigenvalue weighted by molar-refractivity contribution is 5.77. The largest absolute Gasteiger partial charge is 0.493 e. The monoisotopic (exact) mass is 495 g/mol. The minimum Gasteiger partial charge on any atom is -0.493 e. The Labute approximate surface area is 206 Å². The first kappa shape index (κ1) is 27.0. The van der Waals surface area contributed by atoms with Gasteiger partial charge in [-0.05, 0) is 56.9 Å². The lowest BCUT2D eigenvalue weighted by atomic mass is 9.82. The predicted octanol–water partition coefficient (Wildman–Crippen LogP) is 2.35. The van der Waals surface area contributed by atoms with Gasteiger partial charge in [0.05, 0.1) is 33.0 Å². The summed E-state index contributed by atoms with van der Waals surface area (Å²) in [4.78, 5) is 27.6. The Balaban J connectivity index is 1.84. The number of fused-ring (bicyclic) bond motifs is 3. The molecule has 196 valence electrons. The smallest absolute Gasteiger partial charge is 0.407 e. The lowest BCUT2D eigenvalue weighted by molar-refractivity contribution is -0.124. The maximum Gasteiger partial charge on any atom is 0.407 e. The first-order valence-corrected chi connectivity index (χ1v) is 12.0. The van der Waals surface area contributed by atoms with E-state index >= 15 is 0 Å². The number of aliphatic hydroxyl groups excluding tert-OH is 1. The number of piperidine rings is 1. The Kier molecular flexibility index (Phi) is 8.82. The summed E-state index contributed by atoms with van der Waals surface area (Å²) in [7, 11) is 3.21. The molecule has 10 heteroatoms. The standard InChI is InChI=1S/C25H38FN3O6/c1-25(2,3)35-24(32)28-18-11-20-17-10-22(34-5)21(33-4)9-16(17)6-7-29(20)13-19(18)27-23(31)8-15(12-26)14-30/h9-10,15,18-20,30H,6-8,11-14H2,1-5H3,(H,27,31)(H,28,32)/t15?,18?,19-,20-/m0/s1. The van der Waals surface area contributed by atoms with E-state index in [0.29, 0.717) is 24.5 Å². The van der Waals surface area contributed by atoms with Gasteiger partial charge < -0.3 is 30.0 Å². The number of rotatable bonds is 8.